The fourth-order valence-corrected chi connectivity index (χ4v) is 2.73. The summed E-state index contributed by atoms with van der Waals surface area (Å²) in [5.41, 5.74) is 2.08. The topological polar surface area (TPSA) is 21.3 Å². The molecule has 0 aliphatic heterocycles. The Morgan fingerprint density at radius 3 is 2.40 bits per heavy atom. The quantitative estimate of drug-likeness (QED) is 0.785. The number of hydrogen-bond acceptors (Lipinski definition) is 2. The number of rotatable bonds is 5. The number of hydrogen-bond donors (Lipinski definition) is 1. The molecular weight excluding hydrogens is 389 g/mol. The van der Waals surface area contributed by atoms with E-state index in [9.17, 15) is 4.39 Å². The molecule has 0 aliphatic carbocycles. The molecule has 0 radical (unpaired) electrons. The molecule has 5 heteroatoms. The van der Waals surface area contributed by atoms with Gasteiger partial charge in [-0.1, -0.05) is 12.1 Å². The highest BCUT2D eigenvalue weighted by molar-refractivity contribution is 9.10. The Hall–Kier alpha value is -0.910. The number of benzene rings is 2. The van der Waals surface area contributed by atoms with Crippen molar-refractivity contribution in [1.82, 2.24) is 5.32 Å². The first-order valence-corrected chi connectivity index (χ1v) is 7.68. The summed E-state index contributed by atoms with van der Waals surface area (Å²) in [6, 6.07) is 10.8. The Morgan fingerprint density at radius 2 is 1.75 bits per heavy atom. The Bertz CT molecular complexity index is 604. The maximum atomic E-state index is 13.1. The van der Waals surface area contributed by atoms with Gasteiger partial charge < -0.3 is 10.1 Å². The first kappa shape index (κ1) is 15.5. The van der Waals surface area contributed by atoms with Gasteiger partial charge in [0.15, 0.2) is 0 Å². The van der Waals surface area contributed by atoms with E-state index in [1.807, 2.05) is 25.2 Å². The molecule has 0 amide bonds. The average molecular weight is 403 g/mol. The lowest BCUT2D eigenvalue weighted by Crippen LogP contribution is -2.05. The van der Waals surface area contributed by atoms with Crippen LogP contribution in [0, 0.1) is 5.82 Å². The van der Waals surface area contributed by atoms with E-state index in [0.29, 0.717) is 11.1 Å². The van der Waals surface area contributed by atoms with E-state index >= 15 is 0 Å². The smallest absolute Gasteiger partial charge is 0.137 e. The van der Waals surface area contributed by atoms with Gasteiger partial charge in [-0.2, -0.15) is 0 Å². The molecule has 106 valence electrons. The maximum absolute atomic E-state index is 13.1. The molecule has 0 bridgehead atoms. The lowest BCUT2D eigenvalue weighted by atomic mass is 10.2. The highest BCUT2D eigenvalue weighted by Crippen LogP contribution is 2.27. The predicted octanol–water partition coefficient (Wildman–Crippen LogP) is 4.65. The molecule has 0 heterocycles. The maximum Gasteiger partial charge on any atom is 0.137 e. The van der Waals surface area contributed by atoms with Gasteiger partial charge in [-0.15, -0.1) is 0 Å². The van der Waals surface area contributed by atoms with E-state index in [2.05, 4.69) is 37.2 Å². The van der Waals surface area contributed by atoms with Crippen LogP contribution in [0.3, 0.4) is 0 Å². The van der Waals surface area contributed by atoms with Gasteiger partial charge in [0.2, 0.25) is 0 Å². The van der Waals surface area contributed by atoms with Gasteiger partial charge in [0.25, 0.3) is 0 Å². The van der Waals surface area contributed by atoms with Gasteiger partial charge in [-0.3, -0.25) is 0 Å². The third kappa shape index (κ3) is 4.04. The summed E-state index contributed by atoms with van der Waals surface area (Å²) < 4.78 is 20.2. The standard InChI is InChI=1S/C15H14Br2FNO/c1-19-8-10-3-5-15(13(17)6-10)20-9-11-2-4-14(18)12(16)7-11/h2-7,19H,8-9H2,1H3. The van der Waals surface area contributed by atoms with Crippen LogP contribution in [0.25, 0.3) is 0 Å². The summed E-state index contributed by atoms with van der Waals surface area (Å²) in [5, 5.41) is 3.10. The SMILES string of the molecule is CNCc1ccc(OCc2ccc(F)c(Br)c2)c(Br)c1. The zero-order valence-electron chi connectivity index (χ0n) is 10.9. The van der Waals surface area contributed by atoms with Gasteiger partial charge in [-0.05, 0) is 74.3 Å². The van der Waals surface area contributed by atoms with Crippen LogP contribution in [0.2, 0.25) is 0 Å². The third-order valence-electron chi connectivity index (χ3n) is 2.76. The van der Waals surface area contributed by atoms with Crippen LogP contribution in [-0.4, -0.2) is 7.05 Å². The van der Waals surface area contributed by atoms with Crippen molar-refractivity contribution in [3.63, 3.8) is 0 Å². The summed E-state index contributed by atoms with van der Waals surface area (Å²) in [6.07, 6.45) is 0. The Morgan fingerprint density at radius 1 is 1.05 bits per heavy atom. The van der Waals surface area contributed by atoms with Crippen molar-refractivity contribution < 1.29 is 9.13 Å². The van der Waals surface area contributed by atoms with Crippen molar-refractivity contribution >= 4 is 31.9 Å². The van der Waals surface area contributed by atoms with Crippen LogP contribution in [0.15, 0.2) is 45.3 Å². The van der Waals surface area contributed by atoms with Gasteiger partial charge >= 0.3 is 0 Å². The summed E-state index contributed by atoms with van der Waals surface area (Å²) >= 11 is 6.66. The van der Waals surface area contributed by atoms with Crippen molar-refractivity contribution in [3.8, 4) is 5.75 Å². The van der Waals surface area contributed by atoms with Gasteiger partial charge in [0.05, 0.1) is 8.95 Å². The molecule has 0 saturated heterocycles. The third-order valence-corrected chi connectivity index (χ3v) is 3.98. The van der Waals surface area contributed by atoms with Crippen molar-refractivity contribution in [3.05, 3.63) is 62.3 Å². The molecular formula is C15H14Br2FNO. The van der Waals surface area contributed by atoms with Crippen LogP contribution in [0.1, 0.15) is 11.1 Å². The van der Waals surface area contributed by atoms with Crippen LogP contribution in [-0.2, 0) is 13.2 Å². The van der Waals surface area contributed by atoms with Gasteiger partial charge in [0, 0.05) is 6.54 Å². The lowest BCUT2D eigenvalue weighted by Gasteiger charge is -2.10. The minimum atomic E-state index is -0.272. The summed E-state index contributed by atoms with van der Waals surface area (Å²) in [4.78, 5) is 0. The minimum Gasteiger partial charge on any atom is -0.488 e. The zero-order valence-corrected chi connectivity index (χ0v) is 14.1. The van der Waals surface area contributed by atoms with E-state index in [0.717, 1.165) is 22.3 Å². The van der Waals surface area contributed by atoms with Crippen LogP contribution in [0.4, 0.5) is 4.39 Å². The summed E-state index contributed by atoms with van der Waals surface area (Å²) in [6.45, 7) is 1.20. The largest absolute Gasteiger partial charge is 0.488 e. The van der Waals surface area contributed by atoms with E-state index in [1.54, 1.807) is 12.1 Å². The highest BCUT2D eigenvalue weighted by atomic mass is 79.9. The van der Waals surface area contributed by atoms with E-state index in [-0.39, 0.29) is 5.82 Å². The molecule has 0 atom stereocenters. The first-order chi connectivity index (χ1) is 9.60. The molecule has 2 nitrogen and oxygen atoms in total. The summed E-state index contributed by atoms with van der Waals surface area (Å²) in [5.74, 6) is 0.497. The predicted molar refractivity (Wildman–Crippen MR) is 85.3 cm³/mol. The fourth-order valence-electron chi connectivity index (χ4n) is 1.77. The average Bonchev–Trinajstić information content (AvgIpc) is 2.42. The molecule has 2 rings (SSSR count). The van der Waals surface area contributed by atoms with E-state index in [1.165, 1.54) is 11.6 Å². The van der Waals surface area contributed by atoms with Crippen molar-refractivity contribution in [1.29, 1.82) is 0 Å². The normalized spacial score (nSPS) is 10.6. The Kier molecular flexibility index (Phi) is 5.57. The minimum absolute atomic E-state index is 0.272. The Balaban J connectivity index is 2.05. The van der Waals surface area contributed by atoms with Crippen LogP contribution >= 0.6 is 31.9 Å². The molecule has 0 saturated carbocycles. The fraction of sp³-hybridized carbons (Fsp3) is 0.200. The molecule has 2 aromatic rings. The summed E-state index contributed by atoms with van der Waals surface area (Å²) in [7, 11) is 1.91. The molecule has 0 fully saturated rings. The zero-order chi connectivity index (χ0) is 14.5. The monoisotopic (exact) mass is 401 g/mol. The second kappa shape index (κ2) is 7.20. The molecule has 1 N–H and O–H groups in total. The molecule has 2 aromatic carbocycles. The van der Waals surface area contributed by atoms with Crippen molar-refractivity contribution in [2.45, 2.75) is 13.2 Å². The van der Waals surface area contributed by atoms with Crippen molar-refractivity contribution in [2.75, 3.05) is 7.05 Å². The second-order valence-electron chi connectivity index (χ2n) is 4.33. The lowest BCUT2D eigenvalue weighted by molar-refractivity contribution is 0.304. The van der Waals surface area contributed by atoms with Crippen LogP contribution < -0.4 is 10.1 Å². The molecule has 20 heavy (non-hydrogen) atoms. The first-order valence-electron chi connectivity index (χ1n) is 6.10. The molecule has 0 aliphatic rings. The van der Waals surface area contributed by atoms with Gasteiger partial charge in [0.1, 0.15) is 18.2 Å². The number of nitrogens with one attached hydrogen (secondary N) is 1. The second-order valence-corrected chi connectivity index (χ2v) is 6.04. The van der Waals surface area contributed by atoms with Gasteiger partial charge in [-0.25, -0.2) is 4.39 Å². The molecule has 0 spiro atoms. The van der Waals surface area contributed by atoms with E-state index in [4.69, 9.17) is 4.74 Å². The number of ether oxygens (including phenoxy) is 1. The Labute approximate surface area is 134 Å². The molecule has 0 unspecified atom stereocenters. The van der Waals surface area contributed by atoms with Crippen LogP contribution in [0.5, 0.6) is 5.75 Å². The molecule has 0 aromatic heterocycles. The highest BCUT2D eigenvalue weighted by Gasteiger charge is 2.05. The van der Waals surface area contributed by atoms with Crippen molar-refractivity contribution in [2.24, 2.45) is 0 Å². The van der Waals surface area contributed by atoms with E-state index < -0.39 is 0 Å². The number of halogens is 3.